The second-order valence-electron chi connectivity index (χ2n) is 14.7. The van der Waals surface area contributed by atoms with Crippen molar-refractivity contribution >= 4 is 29.6 Å². The van der Waals surface area contributed by atoms with Crippen LogP contribution < -0.4 is 10.1 Å². The third-order valence-corrected chi connectivity index (χ3v) is 11.4. The average molecular weight is 731 g/mol. The fourth-order valence-electron chi connectivity index (χ4n) is 9.21. The van der Waals surface area contributed by atoms with Crippen LogP contribution in [0.1, 0.15) is 64.9 Å². The smallest absolute Gasteiger partial charge is 0.464 e. The zero-order valence-electron chi connectivity index (χ0n) is 29.5. The molecule has 9 atom stereocenters. The maximum absolute atomic E-state index is 15.6. The monoisotopic (exact) mass is 730 g/mol. The number of unbranched alkanes of at least 4 members (excludes halogenated alkanes) is 1. The molecule has 5 rings (SSSR count). The van der Waals surface area contributed by atoms with Crippen molar-refractivity contribution in [3.05, 3.63) is 53.6 Å². The van der Waals surface area contributed by atoms with E-state index >= 15 is 4.39 Å². The molecule has 0 radical (unpaired) electrons. The van der Waals surface area contributed by atoms with Crippen LogP contribution in [0.25, 0.3) is 0 Å². The first kappa shape index (κ1) is 39.2. The van der Waals surface area contributed by atoms with Gasteiger partial charge in [-0.15, -0.1) is 0 Å². The van der Waals surface area contributed by atoms with Crippen molar-refractivity contribution in [1.82, 2.24) is 10.7 Å². The van der Waals surface area contributed by atoms with E-state index in [2.05, 4.69) is 10.2 Å². The molecule has 3 saturated carbocycles. The van der Waals surface area contributed by atoms with Crippen molar-refractivity contribution in [2.75, 3.05) is 19.8 Å². The SMILES string of the molecule is CC(=O)NC(Cc1ccc(OC(=O)OCC(=O)C2CCC3[C@@H]4CC(F)C5=CC(=O)C=C[C@]5(C)C4[C@@H](O)C[C@]23C)cc1)C(=O)OCCCCON(O)O. The summed E-state index contributed by atoms with van der Waals surface area (Å²) in [5.74, 6) is -2.52. The first-order valence-corrected chi connectivity index (χ1v) is 17.6. The number of alkyl halides is 1. The van der Waals surface area contributed by atoms with Gasteiger partial charge >= 0.3 is 12.1 Å². The zero-order valence-corrected chi connectivity index (χ0v) is 29.5. The van der Waals surface area contributed by atoms with Crippen LogP contribution in [-0.4, -0.2) is 88.6 Å². The lowest BCUT2D eigenvalue weighted by molar-refractivity contribution is -0.492. The molecule has 1 aromatic carbocycles. The number of benzene rings is 1. The fraction of sp³-hybridized carbons (Fsp3) is 0.595. The van der Waals surface area contributed by atoms with Crippen LogP contribution in [0, 0.1) is 34.5 Å². The molecule has 15 heteroatoms. The van der Waals surface area contributed by atoms with Crippen LogP contribution in [0.5, 0.6) is 5.75 Å². The van der Waals surface area contributed by atoms with E-state index in [0.717, 1.165) is 0 Å². The molecule has 14 nitrogen and oxygen atoms in total. The predicted molar refractivity (Wildman–Crippen MR) is 178 cm³/mol. The van der Waals surface area contributed by atoms with Crippen molar-refractivity contribution in [3.63, 3.8) is 0 Å². The second-order valence-corrected chi connectivity index (χ2v) is 14.7. The second kappa shape index (κ2) is 16.3. The van der Waals surface area contributed by atoms with Gasteiger partial charge in [0.1, 0.15) is 18.0 Å². The number of nitrogens with one attached hydrogen (secondary N) is 1. The van der Waals surface area contributed by atoms with Gasteiger partial charge in [-0.2, -0.15) is 0 Å². The van der Waals surface area contributed by atoms with Gasteiger partial charge in [0.2, 0.25) is 5.91 Å². The summed E-state index contributed by atoms with van der Waals surface area (Å²) in [6.45, 7) is 4.61. The Hall–Kier alpha value is -4.02. The molecule has 5 unspecified atom stereocenters. The summed E-state index contributed by atoms with van der Waals surface area (Å²) in [6, 6.07) is 5.15. The molecule has 4 aliphatic rings. The summed E-state index contributed by atoms with van der Waals surface area (Å²) in [5.41, 5.74) is -0.362. The molecule has 0 heterocycles. The van der Waals surface area contributed by atoms with E-state index in [9.17, 15) is 29.1 Å². The van der Waals surface area contributed by atoms with Crippen molar-refractivity contribution in [1.29, 1.82) is 0 Å². The van der Waals surface area contributed by atoms with Crippen molar-refractivity contribution in [3.8, 4) is 5.75 Å². The number of hydrogen-bond acceptors (Lipinski definition) is 13. The Bertz CT molecular complexity index is 1580. The molecule has 0 saturated heterocycles. The number of carbonyl (C=O) groups excluding carboxylic acids is 5. The highest BCUT2D eigenvalue weighted by atomic mass is 19.1. The lowest BCUT2D eigenvalue weighted by Gasteiger charge is -2.59. The van der Waals surface area contributed by atoms with Crippen LogP contribution in [0.3, 0.4) is 0 Å². The van der Waals surface area contributed by atoms with E-state index in [4.69, 9.17) is 24.6 Å². The normalized spacial score (nSPS) is 31.1. The molecule has 1 aromatic rings. The summed E-state index contributed by atoms with van der Waals surface area (Å²) in [5, 5.41) is 30.7. The van der Waals surface area contributed by atoms with Gasteiger partial charge in [0.05, 0.1) is 24.7 Å². The van der Waals surface area contributed by atoms with Gasteiger partial charge in [-0.3, -0.25) is 29.6 Å². The van der Waals surface area contributed by atoms with E-state index < -0.39 is 65.1 Å². The molecule has 0 aromatic heterocycles. The Morgan fingerprint density at radius 1 is 1.06 bits per heavy atom. The molecular weight excluding hydrogens is 683 g/mol. The van der Waals surface area contributed by atoms with Crippen LogP contribution in [0.15, 0.2) is 48.1 Å². The standard InChI is InChI=1S/C37H47FN2O12/c1-21(41)39-30(34(45)49-14-4-5-15-51-40(47)48)16-22-6-8-24(9-7-22)52-35(46)50-20-32(44)27-11-10-26-25-18-29(38)28-17-23(42)12-13-36(28,2)33(25)31(43)19-37(26,27)3/h6-9,12-13,17,25-27,29-31,33,43,47-48H,4-5,10-11,14-16,18-20H2,1-3H3,(H,39,41)/t25-,26?,27?,29?,30?,31-,33?,36-,37-/m0/s1. The quantitative estimate of drug-likeness (QED) is 0.0929. The third kappa shape index (κ3) is 8.60. The highest BCUT2D eigenvalue weighted by molar-refractivity contribution is 6.01. The number of carbonyl (C=O) groups is 5. The number of ether oxygens (including phenoxy) is 3. The Balaban J connectivity index is 1.12. The largest absolute Gasteiger partial charge is 0.514 e. The Morgan fingerprint density at radius 3 is 2.46 bits per heavy atom. The number of aliphatic hydroxyl groups excluding tert-OH is 1. The lowest BCUT2D eigenvalue weighted by atomic mass is 9.46. The summed E-state index contributed by atoms with van der Waals surface area (Å²) in [6.07, 6.45) is 3.89. The van der Waals surface area contributed by atoms with Gasteiger partial charge in [0.25, 0.3) is 0 Å². The molecule has 1 amide bonds. The van der Waals surface area contributed by atoms with E-state index in [0.29, 0.717) is 43.2 Å². The highest BCUT2D eigenvalue weighted by Gasteiger charge is 2.64. The molecule has 4 aliphatic carbocycles. The highest BCUT2D eigenvalue weighted by Crippen LogP contribution is 2.66. The number of halogens is 1. The number of rotatable bonds is 14. The number of ketones is 2. The Kier molecular flexibility index (Phi) is 12.3. The lowest BCUT2D eigenvalue weighted by Crippen LogP contribution is -2.58. The number of Topliss-reactive ketones (excluding diaryl/α,β-unsaturated/α-hetero) is 1. The number of nitrogens with zero attached hydrogens (tertiary/aromatic N) is 1. The number of hydrogen-bond donors (Lipinski definition) is 4. The number of allylic oxidation sites excluding steroid dienone is 4. The molecule has 0 aliphatic heterocycles. The summed E-state index contributed by atoms with van der Waals surface area (Å²) < 4.78 is 31.3. The first-order valence-electron chi connectivity index (χ1n) is 17.6. The van der Waals surface area contributed by atoms with Gasteiger partial charge in [-0.25, -0.2) is 14.0 Å². The van der Waals surface area contributed by atoms with Gasteiger partial charge in [0, 0.05) is 30.6 Å². The topological polar surface area (TPSA) is 198 Å². The molecule has 284 valence electrons. The van der Waals surface area contributed by atoms with Crippen molar-refractivity contribution in [2.45, 2.75) is 84.0 Å². The molecule has 52 heavy (non-hydrogen) atoms. The van der Waals surface area contributed by atoms with Crippen molar-refractivity contribution in [2.24, 2.45) is 34.5 Å². The van der Waals surface area contributed by atoms with Crippen LogP contribution >= 0.6 is 0 Å². The van der Waals surface area contributed by atoms with E-state index in [1.165, 1.54) is 31.2 Å². The number of esters is 1. The van der Waals surface area contributed by atoms with E-state index in [1.54, 1.807) is 18.2 Å². The van der Waals surface area contributed by atoms with E-state index in [-0.39, 0.29) is 61.1 Å². The summed E-state index contributed by atoms with van der Waals surface area (Å²) in [4.78, 5) is 66.9. The minimum Gasteiger partial charge on any atom is -0.464 e. The number of amides is 1. The predicted octanol–water partition coefficient (Wildman–Crippen LogP) is 4.00. The fourth-order valence-corrected chi connectivity index (χ4v) is 9.21. The first-order chi connectivity index (χ1) is 24.6. The Labute approximate surface area is 300 Å². The maximum Gasteiger partial charge on any atom is 0.514 e. The third-order valence-electron chi connectivity index (χ3n) is 11.4. The van der Waals surface area contributed by atoms with Crippen LogP contribution in [0.2, 0.25) is 0 Å². The molecule has 3 fully saturated rings. The van der Waals surface area contributed by atoms with Gasteiger partial charge < -0.3 is 24.6 Å². The summed E-state index contributed by atoms with van der Waals surface area (Å²) in [7, 11) is 0. The molecule has 4 N–H and O–H groups in total. The average Bonchev–Trinajstić information content (AvgIpc) is 3.42. The number of fused-ring (bicyclic) bond motifs is 5. The van der Waals surface area contributed by atoms with E-state index in [1.807, 2.05) is 13.8 Å². The van der Waals surface area contributed by atoms with Crippen molar-refractivity contribution < 1.29 is 62.9 Å². The molecule has 0 bridgehead atoms. The van der Waals surface area contributed by atoms with Crippen LogP contribution in [0.4, 0.5) is 9.18 Å². The minimum absolute atomic E-state index is 0.00400. The van der Waals surface area contributed by atoms with Gasteiger partial charge in [0.15, 0.2) is 18.2 Å². The molecule has 0 spiro atoms. The van der Waals surface area contributed by atoms with Gasteiger partial charge in [-0.05, 0) is 91.2 Å². The Morgan fingerprint density at radius 2 is 1.77 bits per heavy atom. The summed E-state index contributed by atoms with van der Waals surface area (Å²) >= 11 is 0. The molecular formula is C37H47FN2O12. The number of aliphatic hydroxyl groups is 1. The van der Waals surface area contributed by atoms with Crippen LogP contribution in [-0.2, 0) is 39.9 Å². The zero-order chi connectivity index (χ0) is 37.8. The minimum atomic E-state index is -1.32. The maximum atomic E-state index is 15.6. The van der Waals surface area contributed by atoms with Gasteiger partial charge in [-0.1, -0.05) is 32.1 Å².